The fourth-order valence-corrected chi connectivity index (χ4v) is 2.75. The number of thioether (sulfide) groups is 1. The summed E-state index contributed by atoms with van der Waals surface area (Å²) in [5, 5.41) is 15.4. The SMILES string of the molecule is Cc1cc(C)n(-c2ccc(SCC(=O)NC(=O)c3ccco3)nn2)n1. The minimum Gasteiger partial charge on any atom is -0.459 e. The smallest absolute Gasteiger partial charge is 0.293 e. The quantitative estimate of drug-likeness (QED) is 0.696. The van der Waals surface area contributed by atoms with Crippen LogP contribution < -0.4 is 5.32 Å². The molecule has 128 valence electrons. The van der Waals surface area contributed by atoms with Crippen LogP contribution in [0.4, 0.5) is 0 Å². The molecule has 2 amide bonds. The second-order valence-corrected chi connectivity index (χ2v) is 6.21. The van der Waals surface area contributed by atoms with Crippen LogP contribution in [-0.2, 0) is 4.79 Å². The minimum atomic E-state index is -0.568. The van der Waals surface area contributed by atoms with Crippen molar-refractivity contribution in [1.29, 1.82) is 0 Å². The summed E-state index contributed by atoms with van der Waals surface area (Å²) >= 11 is 1.18. The van der Waals surface area contributed by atoms with Crippen molar-refractivity contribution < 1.29 is 14.0 Å². The van der Waals surface area contributed by atoms with Gasteiger partial charge in [-0.15, -0.1) is 10.2 Å². The molecular weight excluding hydrogens is 342 g/mol. The molecule has 8 nitrogen and oxygen atoms in total. The highest BCUT2D eigenvalue weighted by molar-refractivity contribution is 7.99. The van der Waals surface area contributed by atoms with Crippen molar-refractivity contribution in [2.24, 2.45) is 0 Å². The van der Waals surface area contributed by atoms with Gasteiger partial charge in [-0.2, -0.15) is 5.10 Å². The number of hydrogen-bond donors (Lipinski definition) is 1. The lowest BCUT2D eigenvalue weighted by molar-refractivity contribution is -0.117. The van der Waals surface area contributed by atoms with E-state index in [1.807, 2.05) is 19.9 Å². The first-order chi connectivity index (χ1) is 12.0. The molecule has 0 radical (unpaired) electrons. The molecule has 0 fully saturated rings. The van der Waals surface area contributed by atoms with Crippen molar-refractivity contribution in [3.05, 3.63) is 53.7 Å². The molecule has 0 saturated carbocycles. The Morgan fingerprint density at radius 3 is 2.68 bits per heavy atom. The van der Waals surface area contributed by atoms with Crippen LogP contribution >= 0.6 is 11.8 Å². The molecule has 3 rings (SSSR count). The summed E-state index contributed by atoms with van der Waals surface area (Å²) < 4.78 is 6.62. The number of aromatic nitrogens is 4. The van der Waals surface area contributed by atoms with Gasteiger partial charge in [0.05, 0.1) is 17.7 Å². The molecule has 0 unspecified atom stereocenters. The van der Waals surface area contributed by atoms with Crippen LogP contribution in [0.3, 0.4) is 0 Å². The summed E-state index contributed by atoms with van der Waals surface area (Å²) in [4.78, 5) is 23.5. The van der Waals surface area contributed by atoms with E-state index in [0.717, 1.165) is 11.4 Å². The molecule has 0 atom stereocenters. The van der Waals surface area contributed by atoms with Crippen molar-refractivity contribution in [2.75, 3.05) is 5.75 Å². The Morgan fingerprint density at radius 2 is 2.08 bits per heavy atom. The molecule has 25 heavy (non-hydrogen) atoms. The molecule has 0 aromatic carbocycles. The third kappa shape index (κ3) is 4.13. The van der Waals surface area contributed by atoms with E-state index >= 15 is 0 Å². The lowest BCUT2D eigenvalue weighted by Crippen LogP contribution is -2.31. The average Bonchev–Trinajstić information content (AvgIpc) is 3.23. The zero-order valence-electron chi connectivity index (χ0n) is 13.6. The van der Waals surface area contributed by atoms with E-state index in [9.17, 15) is 9.59 Å². The largest absolute Gasteiger partial charge is 0.459 e. The van der Waals surface area contributed by atoms with Gasteiger partial charge in [-0.3, -0.25) is 14.9 Å². The molecular formula is C16H15N5O3S. The summed E-state index contributed by atoms with van der Waals surface area (Å²) in [5.41, 5.74) is 1.86. The number of aryl methyl sites for hydroxylation is 2. The Bertz CT molecular complexity index is 887. The Morgan fingerprint density at radius 1 is 1.24 bits per heavy atom. The Labute approximate surface area is 147 Å². The van der Waals surface area contributed by atoms with Gasteiger partial charge < -0.3 is 4.42 Å². The predicted octanol–water partition coefficient (Wildman–Crippen LogP) is 1.92. The van der Waals surface area contributed by atoms with Crippen LogP contribution in [0.25, 0.3) is 5.82 Å². The summed E-state index contributed by atoms with van der Waals surface area (Å²) in [6.45, 7) is 3.84. The van der Waals surface area contributed by atoms with Gasteiger partial charge in [0.1, 0.15) is 5.03 Å². The third-order valence-corrected chi connectivity index (χ3v) is 4.12. The van der Waals surface area contributed by atoms with E-state index in [4.69, 9.17) is 4.42 Å². The Balaban J connectivity index is 1.56. The first-order valence-corrected chi connectivity index (χ1v) is 8.39. The molecule has 0 aliphatic carbocycles. The maximum atomic E-state index is 11.8. The van der Waals surface area contributed by atoms with Crippen molar-refractivity contribution in [1.82, 2.24) is 25.3 Å². The summed E-state index contributed by atoms with van der Waals surface area (Å²) in [6.07, 6.45) is 1.37. The number of hydrogen-bond acceptors (Lipinski definition) is 7. The highest BCUT2D eigenvalue weighted by Gasteiger charge is 2.13. The molecule has 9 heteroatoms. The van der Waals surface area contributed by atoms with Crippen LogP contribution in [0.5, 0.6) is 0 Å². The minimum absolute atomic E-state index is 0.0420. The first kappa shape index (κ1) is 16.9. The van der Waals surface area contributed by atoms with Gasteiger partial charge in [-0.1, -0.05) is 11.8 Å². The molecule has 3 aromatic rings. The standard InChI is InChI=1S/C16H15N5O3S/c1-10-8-11(2)21(20-10)13-5-6-15(19-18-13)25-9-14(22)17-16(23)12-4-3-7-24-12/h3-8H,9H2,1-2H3,(H,17,22,23). The van der Waals surface area contributed by atoms with Gasteiger partial charge in [-0.25, -0.2) is 4.68 Å². The number of imide groups is 1. The van der Waals surface area contributed by atoms with Crippen molar-refractivity contribution >= 4 is 23.6 Å². The highest BCUT2D eigenvalue weighted by Crippen LogP contribution is 2.16. The van der Waals surface area contributed by atoms with Gasteiger partial charge >= 0.3 is 0 Å². The van der Waals surface area contributed by atoms with E-state index < -0.39 is 11.8 Å². The topological polar surface area (TPSA) is 103 Å². The number of rotatable bonds is 5. The van der Waals surface area contributed by atoms with E-state index in [1.54, 1.807) is 22.9 Å². The number of carbonyl (C=O) groups excluding carboxylic acids is 2. The van der Waals surface area contributed by atoms with E-state index in [-0.39, 0.29) is 11.5 Å². The molecule has 0 bridgehead atoms. The van der Waals surface area contributed by atoms with Crippen LogP contribution in [0.15, 0.2) is 46.0 Å². The zero-order chi connectivity index (χ0) is 17.8. The molecule has 0 aliphatic heterocycles. The van der Waals surface area contributed by atoms with Crippen LogP contribution in [-0.4, -0.2) is 37.5 Å². The Kier molecular flexibility index (Phi) is 4.94. The van der Waals surface area contributed by atoms with Gasteiger partial charge in [0, 0.05) is 5.69 Å². The molecule has 0 spiro atoms. The molecule has 0 aliphatic rings. The van der Waals surface area contributed by atoms with Gasteiger partial charge in [-0.05, 0) is 44.2 Å². The molecule has 3 heterocycles. The number of amides is 2. The van der Waals surface area contributed by atoms with Crippen LogP contribution in [0, 0.1) is 13.8 Å². The monoisotopic (exact) mass is 357 g/mol. The lowest BCUT2D eigenvalue weighted by Gasteiger charge is -2.04. The fourth-order valence-electron chi connectivity index (χ4n) is 2.14. The van der Waals surface area contributed by atoms with Gasteiger partial charge in [0.15, 0.2) is 11.6 Å². The van der Waals surface area contributed by atoms with Crippen molar-refractivity contribution in [3.63, 3.8) is 0 Å². The second kappa shape index (κ2) is 7.31. The van der Waals surface area contributed by atoms with Crippen LogP contribution in [0.1, 0.15) is 21.9 Å². The maximum Gasteiger partial charge on any atom is 0.293 e. The van der Waals surface area contributed by atoms with Gasteiger partial charge in [0.25, 0.3) is 5.91 Å². The normalized spacial score (nSPS) is 10.6. The van der Waals surface area contributed by atoms with Crippen molar-refractivity contribution in [2.45, 2.75) is 18.9 Å². The molecule has 0 saturated heterocycles. The highest BCUT2D eigenvalue weighted by atomic mass is 32.2. The number of nitrogens with zero attached hydrogens (tertiary/aromatic N) is 4. The molecule has 3 aromatic heterocycles. The second-order valence-electron chi connectivity index (χ2n) is 5.21. The maximum absolute atomic E-state index is 11.8. The number of carbonyl (C=O) groups is 2. The summed E-state index contributed by atoms with van der Waals surface area (Å²) in [7, 11) is 0. The fraction of sp³-hybridized carbons (Fsp3) is 0.188. The predicted molar refractivity (Wildman–Crippen MR) is 90.5 cm³/mol. The number of nitrogens with one attached hydrogen (secondary N) is 1. The van der Waals surface area contributed by atoms with Crippen molar-refractivity contribution in [3.8, 4) is 5.82 Å². The molecule has 1 N–H and O–H groups in total. The third-order valence-electron chi connectivity index (χ3n) is 3.20. The average molecular weight is 357 g/mol. The lowest BCUT2D eigenvalue weighted by atomic mass is 10.4. The summed E-state index contributed by atoms with van der Waals surface area (Å²) in [6, 6.07) is 8.55. The van der Waals surface area contributed by atoms with Crippen LogP contribution in [0.2, 0.25) is 0 Å². The summed E-state index contributed by atoms with van der Waals surface area (Å²) in [5.74, 6) is -0.266. The van der Waals surface area contributed by atoms with E-state index in [1.165, 1.54) is 24.1 Å². The van der Waals surface area contributed by atoms with E-state index in [2.05, 4.69) is 20.6 Å². The van der Waals surface area contributed by atoms with E-state index in [0.29, 0.717) is 10.8 Å². The van der Waals surface area contributed by atoms with Gasteiger partial charge in [0.2, 0.25) is 5.91 Å². The first-order valence-electron chi connectivity index (χ1n) is 7.41. The zero-order valence-corrected chi connectivity index (χ0v) is 14.4. The Hall–Kier alpha value is -2.94. The number of furan rings is 1.